The number of aliphatic hydroxyl groups is 1. The summed E-state index contributed by atoms with van der Waals surface area (Å²) in [6.07, 6.45) is 2.59. The van der Waals surface area contributed by atoms with Crippen LogP contribution in [0, 0.1) is 0 Å². The molecule has 0 spiro atoms. The highest BCUT2D eigenvalue weighted by atomic mass is 32.2. The van der Waals surface area contributed by atoms with Crippen LogP contribution >= 0.6 is 11.8 Å². The zero-order valence-corrected chi connectivity index (χ0v) is 11.0. The summed E-state index contributed by atoms with van der Waals surface area (Å²) in [6.45, 7) is 2.05. The number of aromatic nitrogens is 1. The minimum Gasteiger partial charge on any atom is -0.388 e. The molecule has 1 unspecified atom stereocenters. The van der Waals surface area contributed by atoms with Crippen molar-refractivity contribution >= 4 is 17.7 Å². The number of nitrogens with zero attached hydrogens (tertiary/aromatic N) is 2. The van der Waals surface area contributed by atoms with Gasteiger partial charge in [0.25, 0.3) is 0 Å². The average molecular weight is 254 g/mol. The Morgan fingerprint density at radius 3 is 2.76 bits per heavy atom. The topological polar surface area (TPSA) is 53.4 Å². The third kappa shape index (κ3) is 4.75. The van der Waals surface area contributed by atoms with E-state index in [1.165, 1.54) is 0 Å². The Morgan fingerprint density at radius 2 is 2.18 bits per heavy atom. The molecular weight excluding hydrogens is 236 g/mol. The molecule has 1 aromatic heterocycles. The molecule has 1 heterocycles. The summed E-state index contributed by atoms with van der Waals surface area (Å²) in [5, 5.41) is 9.88. The minimum absolute atomic E-state index is 0.0461. The molecule has 17 heavy (non-hydrogen) atoms. The SMILES string of the molecule is CCSCN(C)C(=O)CC(O)c1ccncc1. The van der Waals surface area contributed by atoms with E-state index in [9.17, 15) is 9.90 Å². The Bertz CT molecular complexity index is 346. The number of carbonyl (C=O) groups is 1. The van der Waals surface area contributed by atoms with Crippen molar-refractivity contribution in [2.45, 2.75) is 19.4 Å². The van der Waals surface area contributed by atoms with Crippen LogP contribution in [0.5, 0.6) is 0 Å². The summed E-state index contributed by atoms with van der Waals surface area (Å²) in [7, 11) is 1.75. The summed E-state index contributed by atoms with van der Waals surface area (Å²) < 4.78 is 0. The predicted molar refractivity (Wildman–Crippen MR) is 69.6 cm³/mol. The van der Waals surface area contributed by atoms with Crippen molar-refractivity contribution < 1.29 is 9.90 Å². The molecular formula is C12H18N2O2S. The summed E-state index contributed by atoms with van der Waals surface area (Å²) in [5.74, 6) is 1.60. The number of carbonyl (C=O) groups excluding carboxylic acids is 1. The van der Waals surface area contributed by atoms with Gasteiger partial charge in [-0.15, -0.1) is 11.8 Å². The van der Waals surface area contributed by atoms with Crippen LogP contribution in [0.3, 0.4) is 0 Å². The highest BCUT2D eigenvalue weighted by Gasteiger charge is 2.15. The molecule has 1 aromatic rings. The molecule has 4 nitrogen and oxygen atoms in total. The summed E-state index contributed by atoms with van der Waals surface area (Å²) in [4.78, 5) is 17.3. The first-order chi connectivity index (χ1) is 8.15. The van der Waals surface area contributed by atoms with Gasteiger partial charge in [-0.25, -0.2) is 0 Å². The fraction of sp³-hybridized carbons (Fsp3) is 0.500. The van der Waals surface area contributed by atoms with E-state index in [1.54, 1.807) is 48.2 Å². The van der Waals surface area contributed by atoms with E-state index in [1.807, 2.05) is 0 Å². The van der Waals surface area contributed by atoms with Crippen molar-refractivity contribution in [3.8, 4) is 0 Å². The van der Waals surface area contributed by atoms with Gasteiger partial charge in [0.1, 0.15) is 0 Å². The minimum atomic E-state index is -0.750. The van der Waals surface area contributed by atoms with Crippen molar-refractivity contribution in [3.05, 3.63) is 30.1 Å². The molecule has 0 aromatic carbocycles. The summed E-state index contributed by atoms with van der Waals surface area (Å²) >= 11 is 1.68. The molecule has 1 amide bonds. The second-order valence-corrected chi connectivity index (χ2v) is 4.96. The molecule has 0 saturated heterocycles. The average Bonchev–Trinajstić information content (AvgIpc) is 2.36. The van der Waals surface area contributed by atoms with Crippen molar-refractivity contribution in [1.82, 2.24) is 9.88 Å². The first kappa shape index (κ1) is 14.0. The van der Waals surface area contributed by atoms with Crippen molar-refractivity contribution in [3.63, 3.8) is 0 Å². The van der Waals surface area contributed by atoms with Gasteiger partial charge in [-0.2, -0.15) is 0 Å². The Morgan fingerprint density at radius 1 is 1.53 bits per heavy atom. The molecule has 0 radical (unpaired) electrons. The van der Waals surface area contributed by atoms with E-state index >= 15 is 0 Å². The lowest BCUT2D eigenvalue weighted by Gasteiger charge is -2.18. The molecule has 1 N–H and O–H groups in total. The second kappa shape index (κ2) is 7.29. The number of aliphatic hydroxyl groups excluding tert-OH is 1. The van der Waals surface area contributed by atoms with Gasteiger partial charge < -0.3 is 10.0 Å². The Balaban J connectivity index is 2.46. The van der Waals surface area contributed by atoms with E-state index in [-0.39, 0.29) is 12.3 Å². The third-order valence-corrected chi connectivity index (χ3v) is 3.35. The molecule has 1 rings (SSSR count). The number of thioether (sulfide) groups is 1. The molecule has 0 fully saturated rings. The molecule has 0 aliphatic rings. The van der Waals surface area contributed by atoms with E-state index in [0.717, 1.165) is 11.3 Å². The predicted octanol–water partition coefficient (Wildman–Crippen LogP) is 1.67. The Hall–Kier alpha value is -1.07. The van der Waals surface area contributed by atoms with Crippen LogP contribution in [0.15, 0.2) is 24.5 Å². The zero-order valence-electron chi connectivity index (χ0n) is 10.2. The number of hydrogen-bond donors (Lipinski definition) is 1. The van der Waals surface area contributed by atoms with Gasteiger partial charge in [-0.3, -0.25) is 9.78 Å². The third-order valence-electron chi connectivity index (χ3n) is 2.37. The summed E-state index contributed by atoms with van der Waals surface area (Å²) in [6, 6.07) is 3.44. The van der Waals surface area contributed by atoms with Crippen LogP contribution < -0.4 is 0 Å². The van der Waals surface area contributed by atoms with Crippen LogP contribution in [0.2, 0.25) is 0 Å². The van der Waals surface area contributed by atoms with Crippen LogP contribution in [0.25, 0.3) is 0 Å². The zero-order chi connectivity index (χ0) is 12.7. The largest absolute Gasteiger partial charge is 0.388 e. The molecule has 0 aliphatic carbocycles. The van der Waals surface area contributed by atoms with Crippen molar-refractivity contribution in [2.24, 2.45) is 0 Å². The molecule has 94 valence electrons. The smallest absolute Gasteiger partial charge is 0.225 e. The number of rotatable bonds is 6. The van der Waals surface area contributed by atoms with Gasteiger partial charge in [0.15, 0.2) is 0 Å². The Labute approximate surface area is 106 Å². The van der Waals surface area contributed by atoms with Crippen molar-refractivity contribution in [2.75, 3.05) is 18.7 Å². The highest BCUT2D eigenvalue weighted by Crippen LogP contribution is 2.16. The van der Waals surface area contributed by atoms with Crippen LogP contribution in [-0.4, -0.2) is 39.6 Å². The lowest BCUT2D eigenvalue weighted by molar-refractivity contribution is -0.131. The maximum atomic E-state index is 11.8. The number of hydrogen-bond acceptors (Lipinski definition) is 4. The maximum Gasteiger partial charge on any atom is 0.225 e. The van der Waals surface area contributed by atoms with Gasteiger partial charge in [0.2, 0.25) is 5.91 Å². The van der Waals surface area contributed by atoms with E-state index in [0.29, 0.717) is 5.88 Å². The fourth-order valence-electron chi connectivity index (χ4n) is 1.32. The van der Waals surface area contributed by atoms with Gasteiger partial charge in [0.05, 0.1) is 18.4 Å². The Kier molecular flexibility index (Phi) is 6.00. The standard InChI is InChI=1S/C12H18N2O2S/c1-3-17-9-14(2)12(16)8-11(15)10-4-6-13-7-5-10/h4-7,11,15H,3,8-9H2,1-2H3. The monoisotopic (exact) mass is 254 g/mol. The molecule has 0 saturated carbocycles. The van der Waals surface area contributed by atoms with Gasteiger partial charge in [0, 0.05) is 19.4 Å². The van der Waals surface area contributed by atoms with Crippen LogP contribution in [0.1, 0.15) is 25.0 Å². The van der Waals surface area contributed by atoms with Gasteiger partial charge >= 0.3 is 0 Å². The highest BCUT2D eigenvalue weighted by molar-refractivity contribution is 7.99. The number of pyridine rings is 1. The summed E-state index contributed by atoms with van der Waals surface area (Å²) in [5.41, 5.74) is 0.727. The van der Waals surface area contributed by atoms with Gasteiger partial charge in [-0.05, 0) is 23.4 Å². The van der Waals surface area contributed by atoms with Crippen LogP contribution in [0.4, 0.5) is 0 Å². The molecule has 1 atom stereocenters. The van der Waals surface area contributed by atoms with Crippen LogP contribution in [-0.2, 0) is 4.79 Å². The second-order valence-electron chi connectivity index (χ2n) is 3.71. The first-order valence-corrected chi connectivity index (χ1v) is 6.70. The molecule has 5 heteroatoms. The molecule has 0 bridgehead atoms. The maximum absolute atomic E-state index is 11.8. The lowest BCUT2D eigenvalue weighted by Crippen LogP contribution is -2.27. The van der Waals surface area contributed by atoms with E-state index < -0.39 is 6.10 Å². The van der Waals surface area contributed by atoms with E-state index in [4.69, 9.17) is 0 Å². The normalized spacial score (nSPS) is 12.2. The molecule has 0 aliphatic heterocycles. The lowest BCUT2D eigenvalue weighted by atomic mass is 10.1. The quantitative estimate of drug-likeness (QED) is 0.785. The van der Waals surface area contributed by atoms with E-state index in [2.05, 4.69) is 11.9 Å². The number of amides is 1. The fourth-order valence-corrected chi connectivity index (χ4v) is 1.93. The first-order valence-electron chi connectivity index (χ1n) is 5.54. The van der Waals surface area contributed by atoms with Crippen molar-refractivity contribution in [1.29, 1.82) is 0 Å². The van der Waals surface area contributed by atoms with Gasteiger partial charge in [-0.1, -0.05) is 6.92 Å².